The average Bonchev–Trinajstić information content (AvgIpc) is 3.46. The summed E-state index contributed by atoms with van der Waals surface area (Å²) in [5.74, 6) is 2.05. The van der Waals surface area contributed by atoms with Crippen LogP contribution in [0.5, 0.6) is 5.75 Å². The number of nitrogens with zero attached hydrogens (tertiary/aromatic N) is 4. The minimum Gasteiger partial charge on any atom is -0.490 e. The Bertz CT molecular complexity index is 963. The number of para-hydroxylation sites is 3. The van der Waals surface area contributed by atoms with Gasteiger partial charge < -0.3 is 4.74 Å². The van der Waals surface area contributed by atoms with Gasteiger partial charge in [0.25, 0.3) is 5.91 Å². The van der Waals surface area contributed by atoms with Gasteiger partial charge in [0.1, 0.15) is 18.2 Å². The summed E-state index contributed by atoms with van der Waals surface area (Å²) in [5.41, 5.74) is 1.70. The van der Waals surface area contributed by atoms with Gasteiger partial charge in [0.15, 0.2) is 0 Å². The van der Waals surface area contributed by atoms with E-state index in [1.807, 2.05) is 59.3 Å². The van der Waals surface area contributed by atoms with Crippen LogP contribution >= 0.6 is 0 Å². The highest BCUT2D eigenvalue weighted by Crippen LogP contribution is 2.40. The summed E-state index contributed by atoms with van der Waals surface area (Å²) < 4.78 is 7.46. The molecule has 0 bridgehead atoms. The molecule has 0 N–H and O–H groups in total. The summed E-state index contributed by atoms with van der Waals surface area (Å²) in [7, 11) is 0. The fourth-order valence-corrected chi connectivity index (χ4v) is 3.28. The quantitative estimate of drug-likeness (QED) is 0.731. The van der Waals surface area contributed by atoms with Crippen LogP contribution in [0.3, 0.4) is 0 Å². The molecule has 1 fully saturated rings. The molecule has 130 valence electrons. The van der Waals surface area contributed by atoms with Crippen LogP contribution in [-0.4, -0.2) is 33.8 Å². The first-order valence-electron chi connectivity index (χ1n) is 8.87. The molecule has 2 heterocycles. The second-order valence-corrected chi connectivity index (χ2v) is 6.59. The molecule has 1 saturated carbocycles. The van der Waals surface area contributed by atoms with E-state index in [0.29, 0.717) is 19.1 Å². The number of benzene rings is 2. The first-order valence-corrected chi connectivity index (χ1v) is 8.87. The number of fused-ring (bicyclic) bond motifs is 1. The van der Waals surface area contributed by atoms with Crippen molar-refractivity contribution >= 4 is 11.6 Å². The number of hydrogen-bond acceptors (Lipinski definition) is 4. The highest BCUT2D eigenvalue weighted by atomic mass is 16.5. The van der Waals surface area contributed by atoms with E-state index in [-0.39, 0.29) is 11.7 Å². The molecule has 2 aromatic carbocycles. The van der Waals surface area contributed by atoms with E-state index >= 15 is 0 Å². The molecule has 26 heavy (non-hydrogen) atoms. The Morgan fingerprint density at radius 2 is 1.81 bits per heavy atom. The van der Waals surface area contributed by atoms with E-state index < -0.39 is 0 Å². The van der Waals surface area contributed by atoms with E-state index in [1.54, 1.807) is 4.90 Å². The third-order valence-corrected chi connectivity index (χ3v) is 4.74. The lowest BCUT2D eigenvalue weighted by Gasteiger charge is -2.28. The predicted octanol–water partition coefficient (Wildman–Crippen LogP) is 3.18. The van der Waals surface area contributed by atoms with Crippen molar-refractivity contribution in [1.29, 1.82) is 0 Å². The monoisotopic (exact) mass is 346 g/mol. The Labute approximate surface area is 151 Å². The minimum absolute atomic E-state index is 0.183. The van der Waals surface area contributed by atoms with Crippen LogP contribution < -0.4 is 9.64 Å². The van der Waals surface area contributed by atoms with Gasteiger partial charge in [-0.2, -0.15) is 0 Å². The Balaban J connectivity index is 1.54. The molecule has 1 aliphatic heterocycles. The lowest BCUT2D eigenvalue weighted by molar-refractivity contribution is 0.0966. The van der Waals surface area contributed by atoms with Crippen molar-refractivity contribution < 1.29 is 9.53 Å². The number of ether oxygens (including phenoxy) is 1. The molecule has 0 spiro atoms. The average molecular weight is 346 g/mol. The van der Waals surface area contributed by atoms with Crippen LogP contribution in [0, 0.1) is 0 Å². The molecule has 0 atom stereocenters. The van der Waals surface area contributed by atoms with Crippen molar-refractivity contribution in [3.05, 3.63) is 66.2 Å². The van der Waals surface area contributed by atoms with Crippen molar-refractivity contribution in [3.8, 4) is 11.4 Å². The fraction of sp³-hybridized carbons (Fsp3) is 0.250. The summed E-state index contributed by atoms with van der Waals surface area (Å²) in [5, 5.41) is 4.56. The van der Waals surface area contributed by atoms with Crippen LogP contribution in [0.1, 0.15) is 35.2 Å². The maximum Gasteiger partial charge on any atom is 0.298 e. The molecule has 2 aliphatic rings. The fourth-order valence-electron chi connectivity index (χ4n) is 3.28. The molecule has 5 rings (SSSR count). The van der Waals surface area contributed by atoms with Gasteiger partial charge in [0.2, 0.25) is 5.82 Å². The summed E-state index contributed by atoms with van der Waals surface area (Å²) in [6.45, 7) is 0.964. The van der Waals surface area contributed by atoms with Crippen molar-refractivity contribution in [2.75, 3.05) is 18.1 Å². The van der Waals surface area contributed by atoms with Gasteiger partial charge in [-0.15, -0.1) is 5.10 Å². The maximum absolute atomic E-state index is 13.1. The predicted molar refractivity (Wildman–Crippen MR) is 96.9 cm³/mol. The topological polar surface area (TPSA) is 60.2 Å². The van der Waals surface area contributed by atoms with Gasteiger partial charge >= 0.3 is 0 Å². The molecule has 0 saturated heterocycles. The Morgan fingerprint density at radius 1 is 1.04 bits per heavy atom. The van der Waals surface area contributed by atoms with Crippen LogP contribution in [0.4, 0.5) is 5.69 Å². The molecule has 3 aromatic rings. The Morgan fingerprint density at radius 3 is 2.62 bits per heavy atom. The number of carbonyl (C=O) groups is 1. The zero-order valence-electron chi connectivity index (χ0n) is 14.2. The van der Waals surface area contributed by atoms with Gasteiger partial charge in [-0.1, -0.05) is 30.3 Å². The van der Waals surface area contributed by atoms with Crippen molar-refractivity contribution in [3.63, 3.8) is 0 Å². The second-order valence-electron chi connectivity index (χ2n) is 6.59. The van der Waals surface area contributed by atoms with Crippen LogP contribution in [0.15, 0.2) is 54.6 Å². The molecule has 1 amide bonds. The number of carbonyl (C=O) groups excluding carboxylic acids is 1. The normalized spacial score (nSPS) is 16.1. The highest BCUT2D eigenvalue weighted by molar-refractivity contribution is 6.04. The summed E-state index contributed by atoms with van der Waals surface area (Å²) in [4.78, 5) is 19.5. The minimum atomic E-state index is -0.183. The van der Waals surface area contributed by atoms with Crippen LogP contribution in [0.2, 0.25) is 0 Å². The van der Waals surface area contributed by atoms with Crippen molar-refractivity contribution in [2.24, 2.45) is 0 Å². The zero-order chi connectivity index (χ0) is 17.5. The molecule has 6 heteroatoms. The number of hydrogen-bond donors (Lipinski definition) is 0. The molecule has 1 aromatic heterocycles. The van der Waals surface area contributed by atoms with Crippen LogP contribution in [0.25, 0.3) is 5.69 Å². The number of anilines is 1. The van der Waals surface area contributed by atoms with E-state index in [0.717, 1.165) is 35.8 Å². The summed E-state index contributed by atoms with van der Waals surface area (Å²) in [6.07, 6.45) is 2.19. The van der Waals surface area contributed by atoms with Crippen LogP contribution in [-0.2, 0) is 0 Å². The number of rotatable bonds is 3. The van der Waals surface area contributed by atoms with Gasteiger partial charge in [0.05, 0.1) is 17.9 Å². The lowest BCUT2D eigenvalue weighted by Crippen LogP contribution is -2.38. The van der Waals surface area contributed by atoms with Gasteiger partial charge in [-0.25, -0.2) is 9.67 Å². The van der Waals surface area contributed by atoms with Gasteiger partial charge in [-0.3, -0.25) is 9.69 Å². The second kappa shape index (κ2) is 5.98. The van der Waals surface area contributed by atoms with Gasteiger partial charge in [0, 0.05) is 5.92 Å². The maximum atomic E-state index is 13.1. The highest BCUT2D eigenvalue weighted by Gasteiger charge is 2.33. The standard InChI is InChI=1S/C20H18N4O2/c25-20(23-12-13-26-17-9-5-4-8-16(17)23)18-21-19(14-10-11-14)24(22-18)15-6-2-1-3-7-15/h1-9,14H,10-13H2. The molecular formula is C20H18N4O2. The number of aromatic nitrogens is 3. The molecular weight excluding hydrogens is 328 g/mol. The van der Waals surface area contributed by atoms with E-state index in [2.05, 4.69) is 10.1 Å². The third kappa shape index (κ3) is 2.54. The summed E-state index contributed by atoms with van der Waals surface area (Å²) in [6, 6.07) is 17.4. The smallest absolute Gasteiger partial charge is 0.298 e. The molecule has 0 unspecified atom stereocenters. The Hall–Kier alpha value is -3.15. The molecule has 0 radical (unpaired) electrons. The van der Waals surface area contributed by atoms with E-state index in [9.17, 15) is 4.79 Å². The third-order valence-electron chi connectivity index (χ3n) is 4.74. The molecule has 1 aliphatic carbocycles. The SMILES string of the molecule is O=C(c1nc(C2CC2)n(-c2ccccc2)n1)N1CCOc2ccccc21. The van der Waals surface area contributed by atoms with E-state index in [4.69, 9.17) is 4.74 Å². The molecule has 6 nitrogen and oxygen atoms in total. The van der Waals surface area contributed by atoms with Gasteiger partial charge in [-0.05, 0) is 37.1 Å². The van der Waals surface area contributed by atoms with Crippen molar-refractivity contribution in [1.82, 2.24) is 14.8 Å². The lowest BCUT2D eigenvalue weighted by atomic mass is 10.2. The summed E-state index contributed by atoms with van der Waals surface area (Å²) >= 11 is 0. The zero-order valence-corrected chi connectivity index (χ0v) is 14.2. The Kier molecular flexibility index (Phi) is 3.48. The largest absolute Gasteiger partial charge is 0.490 e. The first-order chi connectivity index (χ1) is 12.8. The number of amides is 1. The van der Waals surface area contributed by atoms with E-state index in [1.165, 1.54) is 0 Å². The van der Waals surface area contributed by atoms with Crippen molar-refractivity contribution in [2.45, 2.75) is 18.8 Å². The first kappa shape index (κ1) is 15.1.